The summed E-state index contributed by atoms with van der Waals surface area (Å²) in [5.74, 6) is 0. The van der Waals surface area contributed by atoms with Gasteiger partial charge in [-0.2, -0.15) is 0 Å². The van der Waals surface area contributed by atoms with Crippen molar-refractivity contribution in [2.75, 3.05) is 7.11 Å². The van der Waals surface area contributed by atoms with Crippen LogP contribution in [0, 0.1) is 0 Å². The minimum atomic E-state index is 0.556. The van der Waals surface area contributed by atoms with E-state index < -0.39 is 0 Å². The molecule has 0 aliphatic carbocycles. The van der Waals surface area contributed by atoms with Crippen molar-refractivity contribution in [3.63, 3.8) is 0 Å². The Hall–Kier alpha value is -1.58. The Labute approximate surface area is 102 Å². The Morgan fingerprint density at radius 2 is 1.82 bits per heavy atom. The van der Waals surface area contributed by atoms with E-state index in [-0.39, 0.29) is 0 Å². The van der Waals surface area contributed by atoms with Gasteiger partial charge in [0.15, 0.2) is 0 Å². The number of nitrogens with zero attached hydrogens (tertiary/aromatic N) is 1. The van der Waals surface area contributed by atoms with Crippen LogP contribution < -0.4 is 0 Å². The number of ether oxygens (including phenoxy) is 2. The Morgan fingerprint density at radius 3 is 2.59 bits per heavy atom. The van der Waals surface area contributed by atoms with Gasteiger partial charge in [-0.15, -0.1) is 0 Å². The van der Waals surface area contributed by atoms with Crippen molar-refractivity contribution in [3.05, 3.63) is 59.9 Å². The second-order valence-electron chi connectivity index (χ2n) is 3.87. The van der Waals surface area contributed by atoms with Crippen LogP contribution in [-0.4, -0.2) is 11.7 Å². The quantitative estimate of drug-likeness (QED) is 0.763. The largest absolute Gasteiger partial charge is 0.378 e. The highest BCUT2D eigenvalue weighted by Crippen LogP contribution is 2.06. The molecule has 0 aliphatic rings. The van der Waals surface area contributed by atoms with Gasteiger partial charge in [-0.05, 0) is 17.7 Å². The summed E-state index contributed by atoms with van der Waals surface area (Å²) < 4.78 is 12.8. The van der Waals surface area contributed by atoms with Crippen molar-refractivity contribution in [2.45, 2.75) is 19.9 Å². The highest BCUT2D eigenvalue weighted by molar-refractivity contribution is 5.13. The minimum Gasteiger partial charge on any atom is -0.378 e. The highest BCUT2D eigenvalue weighted by atomic mass is 16.5. The minimum absolute atomic E-state index is 0.556. The van der Waals surface area contributed by atoms with Crippen LogP contribution in [0.25, 0.3) is 0 Å². The molecule has 1 aromatic heterocycles. The summed E-state index contributed by atoms with van der Waals surface area (Å²) >= 11 is 0. The van der Waals surface area contributed by atoms with E-state index in [1.807, 2.05) is 41.1 Å². The molecule has 0 spiro atoms. The number of methoxy groups -OCH3 is 1. The lowest BCUT2D eigenvalue weighted by Crippen LogP contribution is -2.06. The molecular weight excluding hydrogens is 214 g/mol. The average Bonchev–Trinajstić information content (AvgIpc) is 2.79. The first-order valence-corrected chi connectivity index (χ1v) is 5.65. The Bertz CT molecular complexity index is 436. The fourth-order valence-corrected chi connectivity index (χ4v) is 1.69. The molecule has 2 aromatic rings. The van der Waals surface area contributed by atoms with E-state index in [0.717, 1.165) is 5.69 Å². The van der Waals surface area contributed by atoms with E-state index in [1.54, 1.807) is 7.11 Å². The first kappa shape index (κ1) is 11.9. The Morgan fingerprint density at radius 1 is 1.00 bits per heavy atom. The van der Waals surface area contributed by atoms with Crippen molar-refractivity contribution in [1.82, 2.24) is 4.57 Å². The molecule has 0 fully saturated rings. The van der Waals surface area contributed by atoms with Gasteiger partial charge in [0.1, 0.15) is 6.73 Å². The first-order valence-electron chi connectivity index (χ1n) is 5.65. The van der Waals surface area contributed by atoms with E-state index in [9.17, 15) is 0 Å². The molecule has 90 valence electrons. The van der Waals surface area contributed by atoms with Gasteiger partial charge in [-0.1, -0.05) is 30.3 Å². The summed E-state index contributed by atoms with van der Waals surface area (Å²) in [5.41, 5.74) is 2.31. The smallest absolute Gasteiger partial charge is 0.123 e. The van der Waals surface area contributed by atoms with Gasteiger partial charge in [0.05, 0.1) is 13.2 Å². The van der Waals surface area contributed by atoms with Crippen molar-refractivity contribution in [1.29, 1.82) is 0 Å². The molecule has 0 saturated heterocycles. The van der Waals surface area contributed by atoms with Crippen LogP contribution in [0.4, 0.5) is 0 Å². The van der Waals surface area contributed by atoms with Crippen molar-refractivity contribution in [2.24, 2.45) is 0 Å². The van der Waals surface area contributed by atoms with Crippen LogP contribution in [-0.2, 0) is 29.4 Å². The van der Waals surface area contributed by atoms with Crippen LogP contribution in [0.15, 0.2) is 48.7 Å². The SMILES string of the molecule is COCc1cccn1COCc1ccccc1. The fraction of sp³-hybridized carbons (Fsp3) is 0.286. The summed E-state index contributed by atoms with van der Waals surface area (Å²) in [6, 6.07) is 14.2. The molecule has 0 aliphatic heterocycles. The number of hydrogen-bond acceptors (Lipinski definition) is 2. The van der Waals surface area contributed by atoms with Gasteiger partial charge in [-0.25, -0.2) is 0 Å². The second kappa shape index (κ2) is 6.23. The van der Waals surface area contributed by atoms with E-state index in [2.05, 4.69) is 12.1 Å². The normalized spacial score (nSPS) is 10.6. The molecule has 3 nitrogen and oxygen atoms in total. The second-order valence-corrected chi connectivity index (χ2v) is 3.87. The van der Waals surface area contributed by atoms with Crippen LogP contribution in [0.2, 0.25) is 0 Å². The van der Waals surface area contributed by atoms with Gasteiger partial charge >= 0.3 is 0 Å². The molecule has 1 aromatic carbocycles. The third-order valence-electron chi connectivity index (χ3n) is 2.56. The maximum Gasteiger partial charge on any atom is 0.123 e. The van der Waals surface area contributed by atoms with E-state index >= 15 is 0 Å². The molecule has 0 radical (unpaired) electrons. The molecule has 2 rings (SSSR count). The zero-order chi connectivity index (χ0) is 11.9. The van der Waals surface area contributed by atoms with Gasteiger partial charge in [0.2, 0.25) is 0 Å². The first-order chi connectivity index (χ1) is 8.40. The molecule has 3 heteroatoms. The third-order valence-corrected chi connectivity index (χ3v) is 2.56. The lowest BCUT2D eigenvalue weighted by atomic mass is 10.2. The molecule has 1 heterocycles. The average molecular weight is 231 g/mol. The Kier molecular flexibility index (Phi) is 4.36. The van der Waals surface area contributed by atoms with E-state index in [1.165, 1.54) is 5.56 Å². The molecule has 0 bridgehead atoms. The third kappa shape index (κ3) is 3.44. The summed E-state index contributed by atoms with van der Waals surface area (Å²) in [6.07, 6.45) is 2.00. The lowest BCUT2D eigenvalue weighted by Gasteiger charge is -2.09. The van der Waals surface area contributed by atoms with Crippen LogP contribution in [0.5, 0.6) is 0 Å². The number of aromatic nitrogens is 1. The topological polar surface area (TPSA) is 23.4 Å². The summed E-state index contributed by atoms with van der Waals surface area (Å²) in [7, 11) is 1.70. The highest BCUT2D eigenvalue weighted by Gasteiger charge is 2.00. The van der Waals surface area contributed by atoms with Crippen LogP contribution in [0.3, 0.4) is 0 Å². The van der Waals surface area contributed by atoms with E-state index in [0.29, 0.717) is 19.9 Å². The monoisotopic (exact) mass is 231 g/mol. The number of benzene rings is 1. The molecule has 17 heavy (non-hydrogen) atoms. The maximum atomic E-state index is 5.66. The van der Waals surface area contributed by atoms with Gasteiger partial charge in [0.25, 0.3) is 0 Å². The van der Waals surface area contributed by atoms with Crippen molar-refractivity contribution < 1.29 is 9.47 Å². The Balaban J connectivity index is 1.84. The number of rotatable bonds is 6. The number of hydrogen-bond donors (Lipinski definition) is 0. The van der Waals surface area contributed by atoms with Crippen molar-refractivity contribution in [3.8, 4) is 0 Å². The van der Waals surface area contributed by atoms with Crippen molar-refractivity contribution >= 4 is 0 Å². The van der Waals surface area contributed by atoms with Gasteiger partial charge in [-0.3, -0.25) is 0 Å². The predicted octanol–water partition coefficient (Wildman–Crippen LogP) is 2.81. The van der Waals surface area contributed by atoms with Crippen LogP contribution >= 0.6 is 0 Å². The molecule has 0 amide bonds. The van der Waals surface area contributed by atoms with Gasteiger partial charge in [0, 0.05) is 19.0 Å². The predicted molar refractivity (Wildman–Crippen MR) is 66.4 cm³/mol. The zero-order valence-electron chi connectivity index (χ0n) is 10.0. The van der Waals surface area contributed by atoms with Gasteiger partial charge < -0.3 is 14.0 Å². The summed E-state index contributed by atoms with van der Waals surface area (Å²) in [6.45, 7) is 1.80. The summed E-state index contributed by atoms with van der Waals surface area (Å²) in [4.78, 5) is 0. The van der Waals surface area contributed by atoms with E-state index in [4.69, 9.17) is 9.47 Å². The lowest BCUT2D eigenvalue weighted by molar-refractivity contribution is 0.0583. The molecule has 0 N–H and O–H groups in total. The molecule has 0 atom stereocenters. The summed E-state index contributed by atoms with van der Waals surface area (Å²) in [5, 5.41) is 0. The zero-order valence-corrected chi connectivity index (χ0v) is 10.0. The standard InChI is InChI=1S/C14H17NO2/c1-16-11-14-8-5-9-15(14)12-17-10-13-6-3-2-4-7-13/h2-9H,10-12H2,1H3. The molecule has 0 saturated carbocycles. The van der Waals surface area contributed by atoms with Crippen LogP contribution in [0.1, 0.15) is 11.3 Å². The fourth-order valence-electron chi connectivity index (χ4n) is 1.69. The molecular formula is C14H17NO2. The maximum absolute atomic E-state index is 5.66. The molecule has 0 unspecified atom stereocenters.